The van der Waals surface area contributed by atoms with Crippen molar-refractivity contribution in [2.24, 2.45) is 5.92 Å². The molecule has 1 saturated heterocycles. The minimum absolute atomic E-state index is 0.0504. The van der Waals surface area contributed by atoms with E-state index in [1.54, 1.807) is 11.0 Å². The van der Waals surface area contributed by atoms with Crippen LogP contribution < -0.4 is 10.2 Å². The number of nitrogens with one attached hydrogen (secondary N) is 1. The van der Waals surface area contributed by atoms with E-state index >= 15 is 0 Å². The number of hydrogen-bond acceptors (Lipinski definition) is 2. The van der Waals surface area contributed by atoms with Crippen LogP contribution in [-0.2, 0) is 0 Å². The fourth-order valence-electron chi connectivity index (χ4n) is 2.43. The molecule has 0 atom stereocenters. The number of halogens is 2. The van der Waals surface area contributed by atoms with Crippen molar-refractivity contribution in [2.75, 3.05) is 37.6 Å². The van der Waals surface area contributed by atoms with Crippen molar-refractivity contribution in [2.45, 2.75) is 20.3 Å². The van der Waals surface area contributed by atoms with Crippen LogP contribution in [-0.4, -0.2) is 43.7 Å². The molecule has 0 spiro atoms. The molecule has 4 nitrogen and oxygen atoms in total. The van der Waals surface area contributed by atoms with Gasteiger partial charge in [-0.3, -0.25) is 0 Å². The van der Waals surface area contributed by atoms with E-state index in [0.29, 0.717) is 44.3 Å². The Labute approximate surface area is 130 Å². The van der Waals surface area contributed by atoms with E-state index in [0.717, 1.165) is 12.5 Å². The molecule has 0 aliphatic carbocycles. The summed E-state index contributed by atoms with van der Waals surface area (Å²) in [6, 6.07) is 3.85. The van der Waals surface area contributed by atoms with E-state index in [4.69, 9.17) is 0 Å². The molecule has 6 heteroatoms. The summed E-state index contributed by atoms with van der Waals surface area (Å²) in [6.07, 6.45) is 0.959. The fraction of sp³-hybridized carbons (Fsp3) is 0.562. The van der Waals surface area contributed by atoms with Crippen LogP contribution in [0.5, 0.6) is 0 Å². The van der Waals surface area contributed by atoms with Crippen molar-refractivity contribution in [3.8, 4) is 0 Å². The number of hydrogen-bond donors (Lipinski definition) is 1. The molecule has 0 aromatic heterocycles. The highest BCUT2D eigenvalue weighted by Gasteiger charge is 2.21. The third-order valence-electron chi connectivity index (χ3n) is 3.83. The van der Waals surface area contributed by atoms with Gasteiger partial charge in [-0.25, -0.2) is 13.6 Å². The Hall–Kier alpha value is -1.85. The average Bonchev–Trinajstić information content (AvgIpc) is 2.50. The number of anilines is 1. The Morgan fingerprint density at radius 1 is 1.18 bits per heavy atom. The second kappa shape index (κ2) is 7.42. The second-order valence-corrected chi connectivity index (χ2v) is 5.99. The summed E-state index contributed by atoms with van der Waals surface area (Å²) < 4.78 is 26.2. The Bertz CT molecular complexity index is 514. The van der Waals surface area contributed by atoms with Crippen LogP contribution >= 0.6 is 0 Å². The van der Waals surface area contributed by atoms with Gasteiger partial charge in [-0.1, -0.05) is 13.8 Å². The van der Waals surface area contributed by atoms with Crippen molar-refractivity contribution < 1.29 is 13.6 Å². The van der Waals surface area contributed by atoms with Crippen LogP contribution in [0.4, 0.5) is 19.3 Å². The number of carbonyl (C=O) groups is 1. The molecule has 122 valence electrons. The van der Waals surface area contributed by atoms with Crippen molar-refractivity contribution in [3.05, 3.63) is 29.8 Å². The minimum atomic E-state index is -0.841. The molecule has 1 heterocycles. The maximum Gasteiger partial charge on any atom is 0.317 e. The van der Waals surface area contributed by atoms with Gasteiger partial charge in [-0.05, 0) is 24.5 Å². The van der Waals surface area contributed by atoms with Crippen LogP contribution in [0.15, 0.2) is 18.2 Å². The molecule has 1 N–H and O–H groups in total. The molecule has 1 aliphatic rings. The molecule has 2 amide bonds. The molecular weight excluding hydrogens is 288 g/mol. The molecule has 0 saturated carbocycles. The predicted molar refractivity (Wildman–Crippen MR) is 83.0 cm³/mol. The van der Waals surface area contributed by atoms with Gasteiger partial charge in [0.15, 0.2) is 11.6 Å². The summed E-state index contributed by atoms with van der Waals surface area (Å²) in [5, 5.41) is 2.91. The highest BCUT2D eigenvalue weighted by molar-refractivity contribution is 5.74. The monoisotopic (exact) mass is 311 g/mol. The normalized spacial score (nSPS) is 15.3. The van der Waals surface area contributed by atoms with E-state index < -0.39 is 11.6 Å². The van der Waals surface area contributed by atoms with Gasteiger partial charge in [0.25, 0.3) is 0 Å². The Balaban J connectivity index is 1.82. The van der Waals surface area contributed by atoms with Crippen molar-refractivity contribution in [3.63, 3.8) is 0 Å². The Morgan fingerprint density at radius 2 is 1.86 bits per heavy atom. The lowest BCUT2D eigenvalue weighted by molar-refractivity contribution is 0.194. The number of piperazine rings is 1. The van der Waals surface area contributed by atoms with Gasteiger partial charge in [0.1, 0.15) is 0 Å². The Morgan fingerprint density at radius 3 is 2.45 bits per heavy atom. The van der Waals surface area contributed by atoms with Gasteiger partial charge in [0.05, 0.1) is 0 Å². The maximum atomic E-state index is 13.3. The fourth-order valence-corrected chi connectivity index (χ4v) is 2.43. The number of nitrogens with zero attached hydrogens (tertiary/aromatic N) is 2. The molecule has 1 aromatic carbocycles. The molecule has 22 heavy (non-hydrogen) atoms. The maximum absolute atomic E-state index is 13.3. The summed E-state index contributed by atoms with van der Waals surface area (Å²) in [7, 11) is 0. The van der Waals surface area contributed by atoms with E-state index in [1.807, 2.05) is 4.90 Å². The SMILES string of the molecule is CC(C)CCNC(=O)N1CCN(c2ccc(F)c(F)c2)CC1. The van der Waals surface area contributed by atoms with Crippen molar-refractivity contribution >= 4 is 11.7 Å². The summed E-state index contributed by atoms with van der Waals surface area (Å²) in [5.41, 5.74) is 0.652. The highest BCUT2D eigenvalue weighted by atomic mass is 19.2. The first kappa shape index (κ1) is 16.5. The molecule has 1 fully saturated rings. The molecule has 1 aliphatic heterocycles. The van der Waals surface area contributed by atoms with E-state index in [-0.39, 0.29) is 6.03 Å². The number of benzene rings is 1. The summed E-state index contributed by atoms with van der Waals surface area (Å²) in [5.74, 6) is -1.12. The molecular formula is C16H23F2N3O. The average molecular weight is 311 g/mol. The summed E-state index contributed by atoms with van der Waals surface area (Å²) >= 11 is 0. The predicted octanol–water partition coefficient (Wildman–Crippen LogP) is 2.84. The topological polar surface area (TPSA) is 35.6 Å². The summed E-state index contributed by atoms with van der Waals surface area (Å²) in [6.45, 7) is 7.30. The number of amides is 2. The van der Waals surface area contributed by atoms with Crippen molar-refractivity contribution in [1.82, 2.24) is 10.2 Å². The first-order valence-corrected chi connectivity index (χ1v) is 7.70. The van der Waals surface area contributed by atoms with Crippen molar-refractivity contribution in [1.29, 1.82) is 0 Å². The molecule has 1 aromatic rings. The van der Waals surface area contributed by atoms with Gasteiger partial charge in [0.2, 0.25) is 0 Å². The standard InChI is InChI=1S/C16H23F2N3O/c1-12(2)5-6-19-16(22)21-9-7-20(8-10-21)13-3-4-14(17)15(18)11-13/h3-4,11-12H,5-10H2,1-2H3,(H,19,22). The third-order valence-corrected chi connectivity index (χ3v) is 3.83. The zero-order chi connectivity index (χ0) is 16.1. The van der Waals surface area contributed by atoms with Crippen LogP contribution in [0.1, 0.15) is 20.3 Å². The largest absolute Gasteiger partial charge is 0.368 e. The van der Waals surface area contributed by atoms with Crippen LogP contribution in [0.2, 0.25) is 0 Å². The highest BCUT2D eigenvalue weighted by Crippen LogP contribution is 2.19. The first-order chi connectivity index (χ1) is 10.5. The second-order valence-electron chi connectivity index (χ2n) is 5.99. The van der Waals surface area contributed by atoms with Gasteiger partial charge >= 0.3 is 6.03 Å². The lowest BCUT2D eigenvalue weighted by atomic mass is 10.1. The van der Waals surface area contributed by atoms with E-state index in [2.05, 4.69) is 19.2 Å². The van der Waals surface area contributed by atoms with E-state index in [1.165, 1.54) is 6.07 Å². The summed E-state index contributed by atoms with van der Waals surface area (Å²) in [4.78, 5) is 15.7. The number of carbonyl (C=O) groups excluding carboxylic acids is 1. The number of urea groups is 1. The third kappa shape index (κ3) is 4.32. The van der Waals surface area contributed by atoms with Gasteiger partial charge < -0.3 is 15.1 Å². The zero-order valence-corrected chi connectivity index (χ0v) is 13.1. The molecule has 0 unspecified atom stereocenters. The van der Waals surface area contributed by atoms with Gasteiger partial charge in [-0.15, -0.1) is 0 Å². The minimum Gasteiger partial charge on any atom is -0.368 e. The van der Waals surface area contributed by atoms with E-state index in [9.17, 15) is 13.6 Å². The molecule has 0 radical (unpaired) electrons. The Kier molecular flexibility index (Phi) is 5.57. The number of rotatable bonds is 4. The first-order valence-electron chi connectivity index (χ1n) is 7.70. The lowest BCUT2D eigenvalue weighted by Crippen LogP contribution is -2.52. The lowest BCUT2D eigenvalue weighted by Gasteiger charge is -2.36. The van der Waals surface area contributed by atoms with Crippen LogP contribution in [0, 0.1) is 17.6 Å². The molecule has 2 rings (SSSR count). The quantitative estimate of drug-likeness (QED) is 0.928. The zero-order valence-electron chi connectivity index (χ0n) is 13.1. The van der Waals surface area contributed by atoms with Gasteiger partial charge in [0, 0.05) is 44.5 Å². The van der Waals surface area contributed by atoms with Gasteiger partial charge in [-0.2, -0.15) is 0 Å². The smallest absolute Gasteiger partial charge is 0.317 e. The molecule has 0 bridgehead atoms. The van der Waals surface area contributed by atoms with Crippen LogP contribution in [0.25, 0.3) is 0 Å². The van der Waals surface area contributed by atoms with Crippen LogP contribution in [0.3, 0.4) is 0 Å².